The highest BCUT2D eigenvalue weighted by Crippen LogP contribution is 2.13. The Morgan fingerprint density at radius 2 is 1.84 bits per heavy atom. The predicted molar refractivity (Wildman–Crippen MR) is 94.8 cm³/mol. The summed E-state index contributed by atoms with van der Waals surface area (Å²) in [6, 6.07) is 7.21. The molecule has 4 N–H and O–H groups in total. The normalized spacial score (nSPS) is 11.3. The molecule has 0 unspecified atom stereocenters. The van der Waals surface area contributed by atoms with Crippen LogP contribution in [0.5, 0.6) is 0 Å². The molecule has 0 bridgehead atoms. The van der Waals surface area contributed by atoms with E-state index in [1.807, 2.05) is 12.1 Å². The second-order valence-corrected chi connectivity index (χ2v) is 6.61. The maximum atomic E-state index is 12.1. The van der Waals surface area contributed by atoms with Crippen molar-refractivity contribution in [2.24, 2.45) is 0 Å². The van der Waals surface area contributed by atoms with Gasteiger partial charge in [-0.25, -0.2) is 4.79 Å². The molecule has 0 saturated heterocycles. The molecule has 0 aliphatic heterocycles. The highest BCUT2D eigenvalue weighted by molar-refractivity contribution is 5.94. The van der Waals surface area contributed by atoms with Gasteiger partial charge in [0.1, 0.15) is 0 Å². The van der Waals surface area contributed by atoms with Gasteiger partial charge in [0.2, 0.25) is 0 Å². The second kappa shape index (κ2) is 7.94. The minimum atomic E-state index is -0.713. The number of amides is 1. The third-order valence-corrected chi connectivity index (χ3v) is 3.82. The lowest BCUT2D eigenvalue weighted by Gasteiger charge is -2.16. The lowest BCUT2D eigenvalue weighted by atomic mass is 9.98. The van der Waals surface area contributed by atoms with E-state index in [1.165, 1.54) is 6.20 Å². The van der Waals surface area contributed by atoms with Crippen LogP contribution >= 0.6 is 0 Å². The lowest BCUT2D eigenvalue weighted by molar-refractivity contribution is 0.0713. The smallest absolute Gasteiger partial charge is 0.325 e. The number of aliphatic hydroxyl groups is 1. The summed E-state index contributed by atoms with van der Waals surface area (Å²) >= 11 is 0. The Hall–Kier alpha value is -2.67. The van der Waals surface area contributed by atoms with Crippen LogP contribution in [0.1, 0.15) is 41.8 Å². The van der Waals surface area contributed by atoms with Crippen molar-refractivity contribution in [1.82, 2.24) is 15.3 Å². The monoisotopic (exact) mass is 345 g/mol. The quantitative estimate of drug-likeness (QED) is 0.592. The number of benzene rings is 1. The summed E-state index contributed by atoms with van der Waals surface area (Å²) in [7, 11) is 0. The lowest BCUT2D eigenvalue weighted by Crippen LogP contribution is -2.29. The van der Waals surface area contributed by atoms with Crippen molar-refractivity contribution in [3.63, 3.8) is 0 Å². The van der Waals surface area contributed by atoms with Crippen LogP contribution in [0, 0.1) is 0 Å². The van der Waals surface area contributed by atoms with Gasteiger partial charge in [0.25, 0.3) is 11.5 Å². The molecule has 0 spiro atoms. The Morgan fingerprint density at radius 1 is 1.16 bits per heavy atom. The first-order chi connectivity index (χ1) is 11.7. The first kappa shape index (κ1) is 18.7. The molecule has 134 valence electrons. The van der Waals surface area contributed by atoms with E-state index in [4.69, 9.17) is 0 Å². The Balaban J connectivity index is 1.86. The van der Waals surface area contributed by atoms with E-state index in [9.17, 15) is 19.5 Å². The summed E-state index contributed by atoms with van der Waals surface area (Å²) in [6.07, 6.45) is 3.05. The minimum Gasteiger partial charge on any atom is -0.390 e. The summed E-state index contributed by atoms with van der Waals surface area (Å²) < 4.78 is 0. The zero-order chi connectivity index (χ0) is 18.4. The first-order valence-electron chi connectivity index (χ1n) is 8.15. The van der Waals surface area contributed by atoms with E-state index < -0.39 is 16.9 Å². The average molecular weight is 345 g/mol. The fourth-order valence-corrected chi connectivity index (χ4v) is 2.31. The number of aryl methyl sites for hydroxylation is 1. The van der Waals surface area contributed by atoms with Gasteiger partial charge < -0.3 is 15.4 Å². The summed E-state index contributed by atoms with van der Waals surface area (Å²) in [5.74, 6) is -0.227. The van der Waals surface area contributed by atoms with Crippen molar-refractivity contribution in [3.8, 4) is 0 Å². The number of hydrogen-bond acceptors (Lipinski definition) is 4. The van der Waals surface area contributed by atoms with Crippen LogP contribution in [0.4, 0.5) is 0 Å². The summed E-state index contributed by atoms with van der Waals surface area (Å²) in [5, 5.41) is 12.5. The molecule has 0 radical (unpaired) electrons. The molecular formula is C18H23N3O4. The van der Waals surface area contributed by atoms with E-state index in [1.54, 1.807) is 26.0 Å². The van der Waals surface area contributed by atoms with Crippen molar-refractivity contribution in [1.29, 1.82) is 0 Å². The molecule has 2 aromatic rings. The highest BCUT2D eigenvalue weighted by atomic mass is 16.3. The van der Waals surface area contributed by atoms with E-state index in [2.05, 4.69) is 15.3 Å². The molecule has 0 saturated carbocycles. The van der Waals surface area contributed by atoms with Crippen LogP contribution in [-0.2, 0) is 12.8 Å². The molecule has 7 heteroatoms. The highest BCUT2D eigenvalue weighted by Gasteiger charge is 2.12. The Bertz CT molecular complexity index is 829. The van der Waals surface area contributed by atoms with Crippen molar-refractivity contribution in [2.75, 3.05) is 6.54 Å². The molecule has 1 amide bonds. The van der Waals surface area contributed by atoms with Gasteiger partial charge in [0.05, 0.1) is 5.60 Å². The average Bonchev–Trinajstić information content (AvgIpc) is 2.54. The minimum absolute atomic E-state index is 0.227. The van der Waals surface area contributed by atoms with Crippen LogP contribution in [0.25, 0.3) is 0 Å². The summed E-state index contributed by atoms with van der Waals surface area (Å²) in [6.45, 7) is 3.82. The number of carbonyl (C=O) groups excluding carboxylic acids is 1. The zero-order valence-corrected chi connectivity index (χ0v) is 14.4. The predicted octanol–water partition coefficient (Wildman–Crippen LogP) is 0.739. The number of aromatic nitrogens is 2. The number of hydrogen-bond donors (Lipinski definition) is 4. The first-order valence-corrected chi connectivity index (χ1v) is 8.15. The van der Waals surface area contributed by atoms with Gasteiger partial charge in [-0.1, -0.05) is 12.1 Å². The van der Waals surface area contributed by atoms with Gasteiger partial charge in [0.15, 0.2) is 0 Å². The van der Waals surface area contributed by atoms with Gasteiger partial charge >= 0.3 is 5.69 Å². The molecule has 1 aromatic heterocycles. The van der Waals surface area contributed by atoms with Crippen LogP contribution in [-0.4, -0.2) is 33.1 Å². The third-order valence-electron chi connectivity index (χ3n) is 3.82. The summed E-state index contributed by atoms with van der Waals surface area (Å²) in [4.78, 5) is 39.1. The van der Waals surface area contributed by atoms with E-state index >= 15 is 0 Å². The molecule has 1 aromatic carbocycles. The van der Waals surface area contributed by atoms with Crippen molar-refractivity contribution < 1.29 is 9.90 Å². The van der Waals surface area contributed by atoms with E-state index in [-0.39, 0.29) is 12.5 Å². The Labute approximate surface area is 145 Å². The molecule has 0 aliphatic carbocycles. The van der Waals surface area contributed by atoms with Crippen LogP contribution in [0.15, 0.2) is 40.1 Å². The number of aromatic amines is 2. The molecule has 2 rings (SSSR count). The maximum Gasteiger partial charge on any atom is 0.325 e. The van der Waals surface area contributed by atoms with Crippen molar-refractivity contribution >= 4 is 5.91 Å². The second-order valence-electron chi connectivity index (χ2n) is 6.61. The van der Waals surface area contributed by atoms with Crippen LogP contribution in [0.3, 0.4) is 0 Å². The fourth-order valence-electron chi connectivity index (χ4n) is 2.31. The molecule has 0 aliphatic rings. The van der Waals surface area contributed by atoms with Gasteiger partial charge in [-0.05, 0) is 50.8 Å². The molecule has 0 atom stereocenters. The molecule has 25 heavy (non-hydrogen) atoms. The number of H-pyrrole nitrogens is 2. The zero-order valence-electron chi connectivity index (χ0n) is 14.4. The molecular weight excluding hydrogens is 322 g/mol. The summed E-state index contributed by atoms with van der Waals surface area (Å²) in [5.41, 5.74) is 0.273. The van der Waals surface area contributed by atoms with E-state index in [0.29, 0.717) is 24.0 Å². The molecule has 1 heterocycles. The number of carbonyl (C=O) groups is 1. The SMILES string of the molecule is CC(C)(O)CCc1ccc(C(=O)NCCc2c[nH]c(=O)[nH]c2=O)cc1. The van der Waals surface area contributed by atoms with Crippen molar-refractivity contribution in [3.05, 3.63) is 68.0 Å². The number of nitrogens with one attached hydrogen (secondary N) is 3. The van der Waals surface area contributed by atoms with Gasteiger partial charge in [-0.3, -0.25) is 14.6 Å². The molecule has 7 nitrogen and oxygen atoms in total. The van der Waals surface area contributed by atoms with Gasteiger partial charge in [-0.2, -0.15) is 0 Å². The van der Waals surface area contributed by atoms with Gasteiger partial charge in [-0.15, -0.1) is 0 Å². The topological polar surface area (TPSA) is 115 Å². The van der Waals surface area contributed by atoms with Crippen LogP contribution in [0.2, 0.25) is 0 Å². The van der Waals surface area contributed by atoms with Crippen molar-refractivity contribution in [2.45, 2.75) is 38.7 Å². The molecule has 0 fully saturated rings. The Kier molecular flexibility index (Phi) is 5.93. The van der Waals surface area contributed by atoms with Gasteiger partial charge in [0, 0.05) is 23.9 Å². The Morgan fingerprint density at radius 3 is 2.44 bits per heavy atom. The largest absolute Gasteiger partial charge is 0.390 e. The van der Waals surface area contributed by atoms with E-state index in [0.717, 1.165) is 12.0 Å². The standard InChI is InChI=1S/C18H23N3O4/c1-18(2,25)9-7-12-3-5-13(6-4-12)15(22)19-10-8-14-11-20-17(24)21-16(14)23/h3-6,11,25H,7-10H2,1-2H3,(H,19,22)(H2,20,21,23,24). The fraction of sp³-hybridized carbons (Fsp3) is 0.389. The van der Waals surface area contributed by atoms with Crippen LogP contribution < -0.4 is 16.6 Å². The third kappa shape index (κ3) is 6.04. The maximum absolute atomic E-state index is 12.1. The number of rotatable bonds is 7.